The Morgan fingerprint density at radius 3 is 2.62 bits per heavy atom. The second kappa shape index (κ2) is 8.56. The fourth-order valence-corrected chi connectivity index (χ4v) is 4.77. The maximum Gasteiger partial charge on any atom is 0.175 e. The van der Waals surface area contributed by atoms with Crippen molar-refractivity contribution in [1.29, 1.82) is 0 Å². The number of benzene rings is 1. The highest BCUT2D eigenvalue weighted by atomic mass is 32.2. The number of rotatable bonds is 8. The van der Waals surface area contributed by atoms with Crippen LogP contribution in [0, 0.1) is 6.92 Å². The van der Waals surface area contributed by atoms with Gasteiger partial charge in [0.2, 0.25) is 0 Å². The third-order valence-corrected chi connectivity index (χ3v) is 6.16. The van der Waals surface area contributed by atoms with Gasteiger partial charge >= 0.3 is 0 Å². The summed E-state index contributed by atoms with van der Waals surface area (Å²) in [5.74, 6) is 1.64. The first-order chi connectivity index (χ1) is 10.2. The molecule has 0 spiro atoms. The number of carbonyl (C=O) groups is 1. The van der Waals surface area contributed by atoms with Crippen molar-refractivity contribution in [2.45, 2.75) is 35.4 Å². The molecule has 2 rings (SSSR count). The maximum absolute atomic E-state index is 12.2. The summed E-state index contributed by atoms with van der Waals surface area (Å²) in [6.07, 6.45) is 2.39. The van der Waals surface area contributed by atoms with Crippen LogP contribution in [0.1, 0.15) is 35.7 Å². The number of aryl methyl sites for hydroxylation is 1. The van der Waals surface area contributed by atoms with Gasteiger partial charge in [0.15, 0.2) is 14.5 Å². The van der Waals surface area contributed by atoms with E-state index in [1.165, 1.54) is 24.6 Å². The number of nitrogens with zero attached hydrogens (tertiary/aromatic N) is 2. The molecule has 21 heavy (non-hydrogen) atoms. The van der Waals surface area contributed by atoms with E-state index in [0.717, 1.165) is 25.6 Å². The van der Waals surface area contributed by atoms with Crippen molar-refractivity contribution >= 4 is 40.6 Å². The zero-order chi connectivity index (χ0) is 15.1. The molecule has 0 saturated heterocycles. The van der Waals surface area contributed by atoms with Crippen LogP contribution in [0.5, 0.6) is 0 Å². The summed E-state index contributed by atoms with van der Waals surface area (Å²) in [5.41, 5.74) is 1.82. The zero-order valence-electron chi connectivity index (χ0n) is 12.2. The van der Waals surface area contributed by atoms with Gasteiger partial charge in [-0.25, -0.2) is 0 Å². The molecule has 1 aromatic carbocycles. The third-order valence-electron chi connectivity index (χ3n) is 2.88. The molecule has 0 amide bonds. The average molecular weight is 339 g/mol. The summed E-state index contributed by atoms with van der Waals surface area (Å²) >= 11 is 4.80. The minimum atomic E-state index is 0.147. The standard InChI is InChI=1S/C15H18N2OS3/c1-3-4-9-19-14-16-17-15(21-14)20-10-13(18)12-8-6-5-7-11(12)2/h5-8H,3-4,9-10H2,1-2H3. The average Bonchev–Trinajstić information content (AvgIpc) is 2.93. The van der Waals surface area contributed by atoms with Gasteiger partial charge in [-0.05, 0) is 18.9 Å². The van der Waals surface area contributed by atoms with Crippen molar-refractivity contribution in [2.24, 2.45) is 0 Å². The van der Waals surface area contributed by atoms with E-state index >= 15 is 0 Å². The second-order valence-corrected chi connectivity index (χ2v) is 8.10. The van der Waals surface area contributed by atoms with Crippen LogP contribution in [-0.2, 0) is 0 Å². The van der Waals surface area contributed by atoms with Gasteiger partial charge in [-0.3, -0.25) is 4.79 Å². The number of carbonyl (C=O) groups excluding carboxylic acids is 1. The van der Waals surface area contributed by atoms with Crippen LogP contribution < -0.4 is 0 Å². The van der Waals surface area contributed by atoms with E-state index in [4.69, 9.17) is 0 Å². The first-order valence-corrected chi connectivity index (χ1v) is 9.67. The van der Waals surface area contributed by atoms with Crippen LogP contribution in [-0.4, -0.2) is 27.5 Å². The van der Waals surface area contributed by atoms with Gasteiger partial charge in [0, 0.05) is 11.3 Å². The molecule has 1 heterocycles. The number of hydrogen-bond donors (Lipinski definition) is 0. The van der Waals surface area contributed by atoms with Crippen LogP contribution in [0.15, 0.2) is 32.9 Å². The summed E-state index contributed by atoms with van der Waals surface area (Å²) in [6.45, 7) is 4.14. The highest BCUT2D eigenvalue weighted by Crippen LogP contribution is 2.29. The fourth-order valence-electron chi connectivity index (χ4n) is 1.71. The number of ketones is 1. The Hall–Kier alpha value is -0.850. The number of hydrogen-bond acceptors (Lipinski definition) is 6. The first kappa shape index (κ1) is 16.5. The van der Waals surface area contributed by atoms with Crippen LogP contribution >= 0.6 is 34.9 Å². The van der Waals surface area contributed by atoms with Crippen molar-refractivity contribution in [3.05, 3.63) is 35.4 Å². The lowest BCUT2D eigenvalue weighted by Crippen LogP contribution is -2.04. The molecule has 0 bridgehead atoms. The van der Waals surface area contributed by atoms with E-state index in [0.29, 0.717) is 5.75 Å². The predicted octanol–water partition coefficient (Wildman–Crippen LogP) is 4.71. The molecule has 1 aromatic heterocycles. The number of thioether (sulfide) groups is 2. The van der Waals surface area contributed by atoms with E-state index in [1.54, 1.807) is 23.1 Å². The zero-order valence-corrected chi connectivity index (χ0v) is 14.6. The van der Waals surface area contributed by atoms with E-state index in [9.17, 15) is 4.79 Å². The van der Waals surface area contributed by atoms with Crippen molar-refractivity contribution in [3.8, 4) is 0 Å². The Kier molecular flexibility index (Phi) is 6.73. The third kappa shape index (κ3) is 5.13. The van der Waals surface area contributed by atoms with Crippen molar-refractivity contribution in [2.75, 3.05) is 11.5 Å². The van der Waals surface area contributed by atoms with Gasteiger partial charge in [-0.15, -0.1) is 10.2 Å². The molecular formula is C15H18N2OS3. The number of unbranched alkanes of at least 4 members (excludes halogenated alkanes) is 1. The van der Waals surface area contributed by atoms with Crippen molar-refractivity contribution < 1.29 is 4.79 Å². The van der Waals surface area contributed by atoms with Gasteiger partial charge < -0.3 is 0 Å². The molecular weight excluding hydrogens is 320 g/mol. The Balaban J connectivity index is 1.86. The normalized spacial score (nSPS) is 10.8. The SMILES string of the molecule is CCCCSc1nnc(SCC(=O)c2ccccc2C)s1. The molecule has 0 aliphatic rings. The van der Waals surface area contributed by atoms with Crippen LogP contribution in [0.2, 0.25) is 0 Å². The molecule has 6 heteroatoms. The molecule has 3 nitrogen and oxygen atoms in total. The van der Waals surface area contributed by atoms with Gasteiger partial charge in [-0.1, -0.05) is 72.5 Å². The van der Waals surface area contributed by atoms with Crippen molar-refractivity contribution in [3.63, 3.8) is 0 Å². The smallest absolute Gasteiger partial charge is 0.175 e. The molecule has 0 fully saturated rings. The molecule has 112 valence electrons. The molecule has 0 N–H and O–H groups in total. The summed E-state index contributed by atoms with van der Waals surface area (Å²) in [4.78, 5) is 12.2. The van der Waals surface area contributed by atoms with Gasteiger partial charge in [0.25, 0.3) is 0 Å². The second-order valence-electron chi connectivity index (χ2n) is 4.56. The Morgan fingerprint density at radius 2 is 1.90 bits per heavy atom. The molecule has 0 aliphatic carbocycles. The fraction of sp³-hybridized carbons (Fsp3) is 0.400. The lowest BCUT2D eigenvalue weighted by Gasteiger charge is -2.02. The van der Waals surface area contributed by atoms with Gasteiger partial charge in [0.1, 0.15) is 0 Å². The summed E-state index contributed by atoms with van der Waals surface area (Å²) in [5, 5.41) is 8.30. The Labute approximate surface area is 137 Å². The van der Waals surface area contributed by atoms with Gasteiger partial charge in [-0.2, -0.15) is 0 Å². The van der Waals surface area contributed by atoms with Gasteiger partial charge in [0.05, 0.1) is 5.75 Å². The summed E-state index contributed by atoms with van der Waals surface area (Å²) < 4.78 is 1.87. The van der Waals surface area contributed by atoms with Crippen LogP contribution in [0.4, 0.5) is 0 Å². The summed E-state index contributed by atoms with van der Waals surface area (Å²) in [6, 6.07) is 7.69. The van der Waals surface area contributed by atoms with E-state index in [2.05, 4.69) is 17.1 Å². The minimum absolute atomic E-state index is 0.147. The lowest BCUT2D eigenvalue weighted by atomic mass is 10.1. The minimum Gasteiger partial charge on any atom is -0.293 e. The maximum atomic E-state index is 12.2. The molecule has 0 aliphatic heterocycles. The Morgan fingerprint density at radius 1 is 1.19 bits per heavy atom. The molecule has 0 unspecified atom stereocenters. The van der Waals surface area contributed by atoms with E-state index < -0.39 is 0 Å². The highest BCUT2D eigenvalue weighted by molar-refractivity contribution is 8.03. The van der Waals surface area contributed by atoms with Crippen molar-refractivity contribution in [1.82, 2.24) is 10.2 Å². The number of aromatic nitrogens is 2. The largest absolute Gasteiger partial charge is 0.293 e. The molecule has 0 atom stereocenters. The van der Waals surface area contributed by atoms with Crippen LogP contribution in [0.3, 0.4) is 0 Å². The monoisotopic (exact) mass is 338 g/mol. The van der Waals surface area contributed by atoms with Crippen LogP contribution in [0.25, 0.3) is 0 Å². The topological polar surface area (TPSA) is 42.9 Å². The first-order valence-electron chi connectivity index (χ1n) is 6.88. The summed E-state index contributed by atoms with van der Waals surface area (Å²) in [7, 11) is 0. The molecule has 0 saturated carbocycles. The molecule has 2 aromatic rings. The highest BCUT2D eigenvalue weighted by Gasteiger charge is 2.11. The predicted molar refractivity (Wildman–Crippen MR) is 91.8 cm³/mol. The quantitative estimate of drug-likeness (QED) is 0.396. The van der Waals surface area contributed by atoms with E-state index in [1.807, 2.05) is 31.2 Å². The Bertz CT molecular complexity index is 598. The number of Topliss-reactive ketones (excluding diaryl/α,β-unsaturated/α-hetero) is 1. The lowest BCUT2D eigenvalue weighted by molar-refractivity contribution is 0.102. The van der Waals surface area contributed by atoms with E-state index in [-0.39, 0.29) is 5.78 Å². The molecule has 0 radical (unpaired) electrons.